The highest BCUT2D eigenvalue weighted by atomic mass is 16.5. The Bertz CT molecular complexity index is 1360. The molecule has 8 nitrogen and oxygen atoms in total. The normalized spacial score (nSPS) is 10.7. The van der Waals surface area contributed by atoms with Gasteiger partial charge in [-0.25, -0.2) is 0 Å². The topological polar surface area (TPSA) is 107 Å². The Labute approximate surface area is 189 Å². The molecule has 4 rings (SSSR count). The van der Waals surface area contributed by atoms with E-state index in [-0.39, 0.29) is 6.54 Å². The summed E-state index contributed by atoms with van der Waals surface area (Å²) in [5.74, 6) is -1.24. The van der Waals surface area contributed by atoms with E-state index in [4.69, 9.17) is 13.9 Å². The van der Waals surface area contributed by atoms with E-state index in [2.05, 4.69) is 10.6 Å². The Kier molecular flexibility index (Phi) is 6.26. The van der Waals surface area contributed by atoms with Crippen molar-refractivity contribution in [3.8, 4) is 5.75 Å². The number of hydrogen-bond donors (Lipinski definition) is 2. The van der Waals surface area contributed by atoms with Crippen molar-refractivity contribution in [1.82, 2.24) is 5.32 Å². The molecule has 0 radical (unpaired) electrons. The number of carbonyl (C=O) groups is 3. The number of aryl methyl sites for hydroxylation is 1. The molecule has 0 aliphatic carbocycles. The molecule has 4 aromatic rings. The maximum absolute atomic E-state index is 12.3. The molecule has 0 saturated heterocycles. The van der Waals surface area contributed by atoms with Crippen LogP contribution in [0.1, 0.15) is 15.9 Å². The van der Waals surface area contributed by atoms with Gasteiger partial charge in [0, 0.05) is 22.4 Å². The minimum atomic E-state index is -0.731. The van der Waals surface area contributed by atoms with Crippen LogP contribution in [0.3, 0.4) is 0 Å². The highest BCUT2D eigenvalue weighted by Crippen LogP contribution is 2.36. The zero-order valence-electron chi connectivity index (χ0n) is 18.1. The first-order valence-corrected chi connectivity index (χ1v) is 10.2. The summed E-state index contributed by atoms with van der Waals surface area (Å²) in [6.45, 7) is 0.999. The summed E-state index contributed by atoms with van der Waals surface area (Å²) < 4.78 is 16.2. The summed E-state index contributed by atoms with van der Waals surface area (Å²) in [5.41, 5.74) is 3.06. The van der Waals surface area contributed by atoms with Crippen LogP contribution in [0.25, 0.3) is 21.9 Å². The SMILES string of the molecule is COc1cc2c(cc1NC(=O)COC(=O)CNC(=O)c1cccc(C)c1)oc1ccccc12. The van der Waals surface area contributed by atoms with Gasteiger partial charge in [0.2, 0.25) is 0 Å². The highest BCUT2D eigenvalue weighted by Gasteiger charge is 2.15. The molecule has 0 atom stereocenters. The number of hydrogen-bond acceptors (Lipinski definition) is 6. The number of methoxy groups -OCH3 is 1. The third kappa shape index (κ3) is 4.95. The smallest absolute Gasteiger partial charge is 0.325 e. The predicted octanol–water partition coefficient (Wildman–Crippen LogP) is 3.81. The number of fused-ring (bicyclic) bond motifs is 3. The van der Waals surface area contributed by atoms with Gasteiger partial charge in [-0.2, -0.15) is 0 Å². The van der Waals surface area contributed by atoms with E-state index in [1.807, 2.05) is 37.3 Å². The van der Waals surface area contributed by atoms with Crippen molar-refractivity contribution in [2.24, 2.45) is 0 Å². The lowest BCUT2D eigenvalue weighted by Gasteiger charge is -2.11. The van der Waals surface area contributed by atoms with Gasteiger partial charge in [0.15, 0.2) is 6.61 Å². The van der Waals surface area contributed by atoms with Gasteiger partial charge in [-0.3, -0.25) is 14.4 Å². The molecule has 2 N–H and O–H groups in total. The monoisotopic (exact) mass is 446 g/mol. The van der Waals surface area contributed by atoms with Gasteiger partial charge >= 0.3 is 5.97 Å². The number of anilines is 1. The molecule has 2 amide bonds. The van der Waals surface area contributed by atoms with Crippen molar-refractivity contribution < 1.29 is 28.3 Å². The van der Waals surface area contributed by atoms with Gasteiger partial charge in [-0.05, 0) is 31.2 Å². The maximum atomic E-state index is 12.3. The first-order valence-electron chi connectivity index (χ1n) is 10.2. The molecule has 3 aromatic carbocycles. The second kappa shape index (κ2) is 9.44. The van der Waals surface area contributed by atoms with E-state index >= 15 is 0 Å². The fraction of sp³-hybridized carbons (Fsp3) is 0.160. The van der Waals surface area contributed by atoms with Crippen LogP contribution in [-0.2, 0) is 14.3 Å². The Morgan fingerprint density at radius 1 is 0.939 bits per heavy atom. The molecule has 168 valence electrons. The maximum Gasteiger partial charge on any atom is 0.325 e. The molecule has 1 heterocycles. The number of amides is 2. The summed E-state index contributed by atoms with van der Waals surface area (Å²) in [6.07, 6.45) is 0. The van der Waals surface area contributed by atoms with Crippen LogP contribution in [0.4, 0.5) is 5.69 Å². The molecule has 0 fully saturated rings. The van der Waals surface area contributed by atoms with Crippen LogP contribution in [0.2, 0.25) is 0 Å². The van der Waals surface area contributed by atoms with Gasteiger partial charge in [-0.15, -0.1) is 0 Å². The largest absolute Gasteiger partial charge is 0.495 e. The van der Waals surface area contributed by atoms with Crippen LogP contribution < -0.4 is 15.4 Å². The first-order chi connectivity index (χ1) is 15.9. The van der Waals surface area contributed by atoms with Crippen LogP contribution in [-0.4, -0.2) is 38.0 Å². The first kappa shape index (κ1) is 21.9. The molecular formula is C25H22N2O6. The number of carbonyl (C=O) groups excluding carboxylic acids is 3. The minimum absolute atomic E-state index is 0.353. The zero-order valence-corrected chi connectivity index (χ0v) is 18.1. The summed E-state index contributed by atoms with van der Waals surface area (Å²) in [7, 11) is 1.50. The summed E-state index contributed by atoms with van der Waals surface area (Å²) in [5, 5.41) is 6.93. The van der Waals surface area contributed by atoms with E-state index < -0.39 is 24.4 Å². The van der Waals surface area contributed by atoms with Crippen molar-refractivity contribution in [1.29, 1.82) is 0 Å². The molecular weight excluding hydrogens is 424 g/mol. The average Bonchev–Trinajstić information content (AvgIpc) is 3.18. The summed E-state index contributed by atoms with van der Waals surface area (Å²) in [4.78, 5) is 36.4. The molecule has 1 aromatic heterocycles. The molecule has 0 aliphatic heterocycles. The number of benzene rings is 3. The van der Waals surface area contributed by atoms with Gasteiger partial charge < -0.3 is 24.5 Å². The lowest BCUT2D eigenvalue weighted by molar-refractivity contribution is -0.146. The van der Waals surface area contributed by atoms with Gasteiger partial charge in [0.25, 0.3) is 11.8 Å². The van der Waals surface area contributed by atoms with E-state index in [0.717, 1.165) is 21.9 Å². The molecule has 0 unspecified atom stereocenters. The number of furan rings is 1. The van der Waals surface area contributed by atoms with Crippen LogP contribution in [0, 0.1) is 6.92 Å². The molecule has 0 spiro atoms. The standard InChI is InChI=1S/C25H22N2O6/c1-15-6-5-7-16(10-15)25(30)26-13-24(29)32-14-23(28)27-19-12-21-18(11-22(19)31-2)17-8-3-4-9-20(17)33-21/h3-12H,13-14H2,1-2H3,(H,26,30)(H,27,28). The fourth-order valence-corrected chi connectivity index (χ4v) is 3.44. The Hall–Kier alpha value is -4.33. The molecule has 0 bridgehead atoms. The lowest BCUT2D eigenvalue weighted by atomic mass is 10.1. The van der Waals surface area contributed by atoms with Gasteiger partial charge in [0.05, 0.1) is 12.8 Å². The fourth-order valence-electron chi connectivity index (χ4n) is 3.44. The number of rotatable bonds is 7. The van der Waals surface area contributed by atoms with E-state index in [9.17, 15) is 14.4 Å². The van der Waals surface area contributed by atoms with Gasteiger partial charge in [0.1, 0.15) is 23.5 Å². The number of nitrogens with one attached hydrogen (secondary N) is 2. The Balaban J connectivity index is 1.35. The second-order valence-electron chi connectivity index (χ2n) is 7.41. The van der Waals surface area contributed by atoms with Crippen molar-refractivity contribution in [2.75, 3.05) is 25.6 Å². The van der Waals surface area contributed by atoms with Crippen molar-refractivity contribution in [3.05, 3.63) is 71.8 Å². The van der Waals surface area contributed by atoms with E-state index in [0.29, 0.717) is 22.6 Å². The number of para-hydroxylation sites is 1. The molecule has 8 heteroatoms. The average molecular weight is 446 g/mol. The van der Waals surface area contributed by atoms with Crippen molar-refractivity contribution in [3.63, 3.8) is 0 Å². The lowest BCUT2D eigenvalue weighted by Crippen LogP contribution is -2.32. The quantitative estimate of drug-likeness (QED) is 0.418. The Morgan fingerprint density at radius 2 is 1.76 bits per heavy atom. The van der Waals surface area contributed by atoms with E-state index in [1.54, 1.807) is 30.3 Å². The molecule has 0 aliphatic rings. The third-order valence-electron chi connectivity index (χ3n) is 5.01. The van der Waals surface area contributed by atoms with E-state index in [1.165, 1.54) is 7.11 Å². The predicted molar refractivity (Wildman–Crippen MR) is 123 cm³/mol. The van der Waals surface area contributed by atoms with Crippen molar-refractivity contribution in [2.45, 2.75) is 6.92 Å². The summed E-state index contributed by atoms with van der Waals surface area (Å²) >= 11 is 0. The molecule has 0 saturated carbocycles. The summed E-state index contributed by atoms with van der Waals surface area (Å²) in [6, 6.07) is 18.0. The Morgan fingerprint density at radius 3 is 2.55 bits per heavy atom. The highest BCUT2D eigenvalue weighted by molar-refractivity contribution is 6.08. The second-order valence-corrected chi connectivity index (χ2v) is 7.41. The number of esters is 1. The van der Waals surface area contributed by atoms with Crippen molar-refractivity contribution >= 4 is 45.4 Å². The van der Waals surface area contributed by atoms with Crippen LogP contribution >= 0.6 is 0 Å². The third-order valence-corrected chi connectivity index (χ3v) is 5.01. The van der Waals surface area contributed by atoms with Gasteiger partial charge in [-0.1, -0.05) is 35.9 Å². The number of ether oxygens (including phenoxy) is 2. The minimum Gasteiger partial charge on any atom is -0.495 e. The van der Waals surface area contributed by atoms with Crippen LogP contribution in [0.5, 0.6) is 5.75 Å². The molecule has 33 heavy (non-hydrogen) atoms. The van der Waals surface area contributed by atoms with Crippen LogP contribution in [0.15, 0.2) is 65.1 Å². The zero-order chi connectivity index (χ0) is 23.4.